The SMILES string of the molecule is CCOC(=O)c1cccc(NC(=O)NCCC2=CCCCC2)c1. The molecule has 0 saturated heterocycles. The highest BCUT2D eigenvalue weighted by Crippen LogP contribution is 2.19. The van der Waals surface area contributed by atoms with Crippen molar-refractivity contribution in [3.63, 3.8) is 0 Å². The van der Waals surface area contributed by atoms with Crippen molar-refractivity contribution >= 4 is 17.7 Å². The predicted octanol–water partition coefficient (Wildman–Crippen LogP) is 3.88. The Bertz CT molecular complexity index is 581. The van der Waals surface area contributed by atoms with E-state index in [2.05, 4.69) is 16.7 Å². The topological polar surface area (TPSA) is 67.4 Å². The smallest absolute Gasteiger partial charge is 0.338 e. The minimum Gasteiger partial charge on any atom is -0.462 e. The first-order valence-corrected chi connectivity index (χ1v) is 8.19. The largest absolute Gasteiger partial charge is 0.462 e. The highest BCUT2D eigenvalue weighted by molar-refractivity contribution is 5.93. The van der Waals surface area contributed by atoms with E-state index in [0.717, 1.165) is 19.3 Å². The second-order valence-corrected chi connectivity index (χ2v) is 5.54. The van der Waals surface area contributed by atoms with Crippen molar-refractivity contribution in [3.8, 4) is 0 Å². The molecule has 0 radical (unpaired) electrons. The maximum Gasteiger partial charge on any atom is 0.338 e. The third kappa shape index (κ3) is 5.77. The number of carbonyl (C=O) groups is 2. The van der Waals surface area contributed by atoms with Crippen LogP contribution < -0.4 is 10.6 Å². The summed E-state index contributed by atoms with van der Waals surface area (Å²) in [6.45, 7) is 2.71. The molecule has 0 saturated carbocycles. The number of amides is 2. The van der Waals surface area contributed by atoms with Crippen LogP contribution in [-0.4, -0.2) is 25.2 Å². The van der Waals surface area contributed by atoms with Crippen molar-refractivity contribution in [1.82, 2.24) is 5.32 Å². The summed E-state index contributed by atoms with van der Waals surface area (Å²) in [5.41, 5.74) is 2.43. The van der Waals surface area contributed by atoms with Gasteiger partial charge < -0.3 is 15.4 Å². The molecule has 0 spiro atoms. The number of hydrogen-bond donors (Lipinski definition) is 2. The molecule has 0 unspecified atom stereocenters. The van der Waals surface area contributed by atoms with Gasteiger partial charge in [0.1, 0.15) is 0 Å². The van der Waals surface area contributed by atoms with E-state index in [-0.39, 0.29) is 12.0 Å². The van der Waals surface area contributed by atoms with Crippen LogP contribution in [0.5, 0.6) is 0 Å². The molecule has 0 aliphatic heterocycles. The van der Waals surface area contributed by atoms with Crippen LogP contribution in [0.2, 0.25) is 0 Å². The van der Waals surface area contributed by atoms with E-state index in [1.807, 2.05) is 0 Å². The van der Waals surface area contributed by atoms with Crippen molar-refractivity contribution in [2.24, 2.45) is 0 Å². The molecule has 1 aromatic rings. The second-order valence-electron chi connectivity index (χ2n) is 5.54. The molecule has 1 aliphatic rings. The minimum atomic E-state index is -0.388. The fraction of sp³-hybridized carbons (Fsp3) is 0.444. The van der Waals surface area contributed by atoms with E-state index in [4.69, 9.17) is 4.74 Å². The lowest BCUT2D eigenvalue weighted by Gasteiger charge is -2.13. The average molecular weight is 316 g/mol. The van der Waals surface area contributed by atoms with Crippen LogP contribution in [0.3, 0.4) is 0 Å². The van der Waals surface area contributed by atoms with E-state index < -0.39 is 0 Å². The summed E-state index contributed by atoms with van der Waals surface area (Å²) >= 11 is 0. The number of esters is 1. The first-order chi connectivity index (χ1) is 11.2. The van der Waals surface area contributed by atoms with Gasteiger partial charge in [-0.3, -0.25) is 0 Å². The highest BCUT2D eigenvalue weighted by Gasteiger charge is 2.09. The van der Waals surface area contributed by atoms with Gasteiger partial charge in [-0.1, -0.05) is 17.7 Å². The Labute approximate surface area is 137 Å². The van der Waals surface area contributed by atoms with Crippen molar-refractivity contribution in [2.75, 3.05) is 18.5 Å². The fourth-order valence-electron chi connectivity index (χ4n) is 2.58. The molecular weight excluding hydrogens is 292 g/mol. The van der Waals surface area contributed by atoms with Crippen LogP contribution in [0.15, 0.2) is 35.9 Å². The van der Waals surface area contributed by atoms with E-state index in [1.165, 1.54) is 18.4 Å². The number of anilines is 1. The molecule has 2 N–H and O–H groups in total. The van der Waals surface area contributed by atoms with Crippen LogP contribution in [0, 0.1) is 0 Å². The molecule has 0 bridgehead atoms. The van der Waals surface area contributed by atoms with Gasteiger partial charge in [0.05, 0.1) is 12.2 Å². The molecule has 0 aromatic heterocycles. The average Bonchev–Trinajstić information content (AvgIpc) is 2.56. The van der Waals surface area contributed by atoms with E-state index in [0.29, 0.717) is 24.4 Å². The maximum atomic E-state index is 11.9. The zero-order chi connectivity index (χ0) is 16.5. The van der Waals surface area contributed by atoms with Crippen LogP contribution in [0.4, 0.5) is 10.5 Å². The molecule has 1 aliphatic carbocycles. The molecule has 0 atom stereocenters. The number of ether oxygens (including phenoxy) is 1. The van der Waals surface area contributed by atoms with Gasteiger partial charge in [0, 0.05) is 12.2 Å². The molecule has 5 heteroatoms. The number of benzene rings is 1. The molecule has 1 aromatic carbocycles. The minimum absolute atomic E-state index is 0.262. The van der Waals surface area contributed by atoms with Gasteiger partial charge in [-0.2, -0.15) is 0 Å². The molecule has 5 nitrogen and oxygen atoms in total. The maximum absolute atomic E-state index is 11.9. The summed E-state index contributed by atoms with van der Waals surface area (Å²) < 4.78 is 4.95. The summed E-state index contributed by atoms with van der Waals surface area (Å²) in [5, 5.41) is 5.58. The summed E-state index contributed by atoms with van der Waals surface area (Å²) in [6, 6.07) is 6.47. The molecule has 2 rings (SSSR count). The van der Waals surface area contributed by atoms with Gasteiger partial charge in [-0.05, 0) is 57.2 Å². The second kappa shape index (κ2) is 8.98. The van der Waals surface area contributed by atoms with Crippen LogP contribution in [0.1, 0.15) is 49.4 Å². The number of hydrogen-bond acceptors (Lipinski definition) is 3. The summed E-state index contributed by atoms with van der Waals surface area (Å²) in [5.74, 6) is -0.388. The van der Waals surface area contributed by atoms with Gasteiger partial charge in [-0.25, -0.2) is 9.59 Å². The van der Waals surface area contributed by atoms with Gasteiger partial charge in [0.15, 0.2) is 0 Å². The Balaban J connectivity index is 1.79. The van der Waals surface area contributed by atoms with E-state index in [9.17, 15) is 9.59 Å². The lowest BCUT2D eigenvalue weighted by atomic mass is 9.97. The Morgan fingerprint density at radius 1 is 1.26 bits per heavy atom. The quantitative estimate of drug-likeness (QED) is 0.618. The standard InChI is InChI=1S/C18H24N2O3/c1-2-23-17(21)15-9-6-10-16(13-15)20-18(22)19-12-11-14-7-4-3-5-8-14/h6-7,9-10,13H,2-5,8,11-12H2,1H3,(H2,19,20,22). The number of nitrogens with one attached hydrogen (secondary N) is 2. The van der Waals surface area contributed by atoms with Gasteiger partial charge in [0.25, 0.3) is 0 Å². The Hall–Kier alpha value is -2.30. The Morgan fingerprint density at radius 3 is 2.87 bits per heavy atom. The van der Waals surface area contributed by atoms with Crippen molar-refractivity contribution < 1.29 is 14.3 Å². The lowest BCUT2D eigenvalue weighted by Crippen LogP contribution is -2.29. The molecule has 0 heterocycles. The third-order valence-electron chi connectivity index (χ3n) is 3.75. The highest BCUT2D eigenvalue weighted by atomic mass is 16.5. The monoisotopic (exact) mass is 316 g/mol. The summed E-state index contributed by atoms with van der Waals surface area (Å²) in [6.07, 6.45) is 8.00. The fourth-order valence-corrected chi connectivity index (χ4v) is 2.58. The van der Waals surface area contributed by atoms with Gasteiger partial charge >= 0.3 is 12.0 Å². The zero-order valence-electron chi connectivity index (χ0n) is 13.6. The van der Waals surface area contributed by atoms with Crippen LogP contribution in [-0.2, 0) is 4.74 Å². The first kappa shape index (κ1) is 17.1. The molecule has 124 valence electrons. The van der Waals surface area contributed by atoms with Crippen LogP contribution in [0.25, 0.3) is 0 Å². The number of carbonyl (C=O) groups excluding carboxylic acids is 2. The van der Waals surface area contributed by atoms with Crippen LogP contribution >= 0.6 is 0 Å². The Morgan fingerprint density at radius 2 is 2.13 bits per heavy atom. The van der Waals surface area contributed by atoms with Gasteiger partial charge in [0.2, 0.25) is 0 Å². The lowest BCUT2D eigenvalue weighted by molar-refractivity contribution is 0.0526. The zero-order valence-corrected chi connectivity index (χ0v) is 13.6. The molecule has 23 heavy (non-hydrogen) atoms. The summed E-state index contributed by atoms with van der Waals surface area (Å²) in [4.78, 5) is 23.6. The van der Waals surface area contributed by atoms with Gasteiger partial charge in [-0.15, -0.1) is 0 Å². The van der Waals surface area contributed by atoms with Crippen molar-refractivity contribution in [3.05, 3.63) is 41.5 Å². The molecular formula is C18H24N2O3. The van der Waals surface area contributed by atoms with Crippen molar-refractivity contribution in [2.45, 2.75) is 39.0 Å². The van der Waals surface area contributed by atoms with E-state index in [1.54, 1.807) is 31.2 Å². The molecule has 0 fully saturated rings. The number of urea groups is 1. The normalized spacial score (nSPS) is 13.9. The first-order valence-electron chi connectivity index (χ1n) is 8.19. The summed E-state index contributed by atoms with van der Waals surface area (Å²) in [7, 11) is 0. The number of allylic oxidation sites excluding steroid dienone is 1. The Kier molecular flexibility index (Phi) is 6.66. The third-order valence-corrected chi connectivity index (χ3v) is 3.75. The van der Waals surface area contributed by atoms with E-state index >= 15 is 0 Å². The predicted molar refractivity (Wildman–Crippen MR) is 90.6 cm³/mol. The molecule has 2 amide bonds. The number of rotatable bonds is 6. The van der Waals surface area contributed by atoms with Crippen molar-refractivity contribution in [1.29, 1.82) is 0 Å².